The number of nitro groups is 1. The summed E-state index contributed by atoms with van der Waals surface area (Å²) in [6, 6.07) is 8.84. The van der Waals surface area contributed by atoms with Gasteiger partial charge in [-0.25, -0.2) is 0 Å². The molecule has 1 atom stereocenters. The highest BCUT2D eigenvalue weighted by atomic mass is 32.1. The second kappa shape index (κ2) is 8.49. The van der Waals surface area contributed by atoms with Gasteiger partial charge in [0.1, 0.15) is 5.69 Å². The molecule has 27 heavy (non-hydrogen) atoms. The lowest BCUT2D eigenvalue weighted by molar-refractivity contribution is -0.384. The molecule has 144 valence electrons. The highest BCUT2D eigenvalue weighted by Crippen LogP contribution is 2.31. The number of hydrogen-bond acceptors (Lipinski definition) is 6. The quantitative estimate of drug-likeness (QED) is 0.582. The zero-order valence-electron chi connectivity index (χ0n) is 15.6. The van der Waals surface area contributed by atoms with Crippen molar-refractivity contribution in [3.63, 3.8) is 0 Å². The predicted octanol–water partition coefficient (Wildman–Crippen LogP) is 3.29. The zero-order chi connectivity index (χ0) is 19.4. The van der Waals surface area contributed by atoms with Crippen molar-refractivity contribution >= 4 is 28.6 Å². The van der Waals surface area contributed by atoms with Gasteiger partial charge in [0.05, 0.1) is 11.0 Å². The Kier molecular flexibility index (Phi) is 6.08. The van der Waals surface area contributed by atoms with E-state index in [2.05, 4.69) is 5.32 Å². The fourth-order valence-electron chi connectivity index (χ4n) is 3.35. The molecule has 8 heteroatoms. The Morgan fingerprint density at radius 1 is 1.33 bits per heavy atom. The fourth-order valence-corrected chi connectivity index (χ4v) is 4.27. The number of rotatable bonds is 7. The summed E-state index contributed by atoms with van der Waals surface area (Å²) in [6.07, 6.45) is 2.07. The minimum Gasteiger partial charge on any atom is -0.366 e. The maximum absolute atomic E-state index is 12.6. The van der Waals surface area contributed by atoms with Gasteiger partial charge in [0.2, 0.25) is 0 Å². The number of carbonyl (C=O) groups is 1. The molecule has 0 radical (unpaired) electrons. The molecule has 0 aliphatic carbocycles. The van der Waals surface area contributed by atoms with E-state index in [-0.39, 0.29) is 17.6 Å². The van der Waals surface area contributed by atoms with Crippen molar-refractivity contribution in [2.75, 3.05) is 38.6 Å². The van der Waals surface area contributed by atoms with Gasteiger partial charge in [-0.2, -0.15) is 0 Å². The predicted molar refractivity (Wildman–Crippen MR) is 108 cm³/mol. The van der Waals surface area contributed by atoms with Crippen molar-refractivity contribution in [2.45, 2.75) is 18.9 Å². The minimum absolute atomic E-state index is 0.00744. The molecular formula is C19H24N4O3S. The van der Waals surface area contributed by atoms with Gasteiger partial charge in [0, 0.05) is 36.1 Å². The number of nitro benzene ring substituents is 1. The number of anilines is 1. The Labute approximate surface area is 162 Å². The van der Waals surface area contributed by atoms with Crippen molar-refractivity contribution in [3.05, 3.63) is 56.3 Å². The van der Waals surface area contributed by atoms with Gasteiger partial charge >= 0.3 is 0 Å². The molecule has 2 heterocycles. The first-order chi connectivity index (χ1) is 13.0. The van der Waals surface area contributed by atoms with Crippen molar-refractivity contribution in [1.82, 2.24) is 10.2 Å². The number of nitrogens with zero attached hydrogens (tertiary/aromatic N) is 3. The van der Waals surface area contributed by atoms with E-state index in [1.165, 1.54) is 6.07 Å². The number of benzene rings is 1. The van der Waals surface area contributed by atoms with Crippen LogP contribution >= 0.6 is 11.3 Å². The van der Waals surface area contributed by atoms with Crippen molar-refractivity contribution in [1.29, 1.82) is 0 Å². The van der Waals surface area contributed by atoms with E-state index in [9.17, 15) is 14.9 Å². The molecule has 3 rings (SSSR count). The van der Waals surface area contributed by atoms with Crippen LogP contribution in [-0.2, 0) is 0 Å². The second-order valence-electron chi connectivity index (χ2n) is 6.86. The Balaban J connectivity index is 1.74. The first kappa shape index (κ1) is 19.3. The van der Waals surface area contributed by atoms with Crippen LogP contribution < -0.4 is 10.2 Å². The largest absolute Gasteiger partial charge is 0.366 e. The lowest BCUT2D eigenvalue weighted by Gasteiger charge is -2.23. The Bertz CT molecular complexity index is 801. The van der Waals surface area contributed by atoms with Crippen molar-refractivity contribution in [2.24, 2.45) is 0 Å². The Hall–Kier alpha value is -2.45. The summed E-state index contributed by atoms with van der Waals surface area (Å²) < 4.78 is 0. The van der Waals surface area contributed by atoms with Gasteiger partial charge in [0.15, 0.2) is 0 Å². The van der Waals surface area contributed by atoms with E-state index < -0.39 is 4.92 Å². The third kappa shape index (κ3) is 4.45. The van der Waals surface area contributed by atoms with E-state index in [4.69, 9.17) is 0 Å². The molecule has 0 bridgehead atoms. The topological polar surface area (TPSA) is 78.7 Å². The third-order valence-corrected chi connectivity index (χ3v) is 5.81. The standard InChI is InChI=1S/C19H24N4O3S/c1-21(2)17(18-6-5-11-27-18)13-20-19(24)14-7-8-15(16(12-14)23(25)26)22-9-3-4-10-22/h5-8,11-12,17H,3-4,9-10,13H2,1-2H3,(H,20,24)/t17-/m1/s1. The SMILES string of the molecule is CN(C)[C@H](CNC(=O)c1ccc(N2CCCC2)c([N+](=O)[O-])c1)c1cccs1. The van der Waals surface area contributed by atoms with Crippen LogP contribution in [0.1, 0.15) is 34.1 Å². The zero-order valence-corrected chi connectivity index (χ0v) is 16.4. The van der Waals surface area contributed by atoms with E-state index >= 15 is 0 Å². The summed E-state index contributed by atoms with van der Waals surface area (Å²) in [6.45, 7) is 2.07. The minimum atomic E-state index is -0.404. The van der Waals surface area contributed by atoms with Gasteiger partial charge in [-0.05, 0) is 50.5 Å². The number of thiophene rings is 1. The molecular weight excluding hydrogens is 364 g/mol. The van der Waals surface area contributed by atoms with Crippen molar-refractivity contribution in [3.8, 4) is 0 Å². The van der Waals surface area contributed by atoms with E-state index in [0.717, 1.165) is 30.8 Å². The maximum atomic E-state index is 12.6. The smallest absolute Gasteiger partial charge is 0.293 e. The summed E-state index contributed by atoms with van der Waals surface area (Å²) in [5, 5.41) is 16.4. The van der Waals surface area contributed by atoms with Crippen LogP contribution in [0.3, 0.4) is 0 Å². The van der Waals surface area contributed by atoms with E-state index in [1.807, 2.05) is 41.4 Å². The first-order valence-corrected chi connectivity index (χ1v) is 9.86. The molecule has 1 aliphatic rings. The summed E-state index contributed by atoms with van der Waals surface area (Å²) in [5.74, 6) is -0.297. The molecule has 1 aromatic carbocycles. The lowest BCUT2D eigenvalue weighted by Crippen LogP contribution is -2.34. The van der Waals surface area contributed by atoms with Gasteiger partial charge < -0.3 is 15.1 Å². The molecule has 1 aliphatic heterocycles. The highest BCUT2D eigenvalue weighted by Gasteiger charge is 2.24. The van der Waals surface area contributed by atoms with Gasteiger partial charge in [0.25, 0.3) is 11.6 Å². The summed E-state index contributed by atoms with van der Waals surface area (Å²) in [5.41, 5.74) is 0.902. The average Bonchev–Trinajstić information content (AvgIpc) is 3.35. The molecule has 1 saturated heterocycles. The normalized spacial score (nSPS) is 15.1. The van der Waals surface area contributed by atoms with Crippen LogP contribution in [0, 0.1) is 10.1 Å². The Morgan fingerprint density at radius 3 is 2.67 bits per heavy atom. The Morgan fingerprint density at radius 2 is 2.07 bits per heavy atom. The summed E-state index contributed by atoms with van der Waals surface area (Å²) in [4.78, 5) is 28.9. The summed E-state index contributed by atoms with van der Waals surface area (Å²) in [7, 11) is 3.93. The molecule has 1 amide bonds. The number of hydrogen-bond donors (Lipinski definition) is 1. The van der Waals surface area contributed by atoms with Gasteiger partial charge in [-0.1, -0.05) is 6.07 Å². The number of amides is 1. The highest BCUT2D eigenvalue weighted by molar-refractivity contribution is 7.10. The monoisotopic (exact) mass is 388 g/mol. The molecule has 7 nitrogen and oxygen atoms in total. The molecule has 1 N–H and O–H groups in total. The van der Waals surface area contributed by atoms with Crippen LogP contribution in [0.5, 0.6) is 0 Å². The van der Waals surface area contributed by atoms with Crippen LogP contribution in [0.15, 0.2) is 35.7 Å². The number of nitrogens with one attached hydrogen (secondary N) is 1. The molecule has 0 unspecified atom stereocenters. The molecule has 1 fully saturated rings. The summed E-state index contributed by atoms with van der Waals surface area (Å²) >= 11 is 1.64. The van der Waals surface area contributed by atoms with Crippen LogP contribution in [0.2, 0.25) is 0 Å². The lowest BCUT2D eigenvalue weighted by atomic mass is 10.1. The van der Waals surface area contributed by atoms with E-state index in [0.29, 0.717) is 17.8 Å². The molecule has 0 spiro atoms. The van der Waals surface area contributed by atoms with Gasteiger partial charge in [-0.3, -0.25) is 14.9 Å². The van der Waals surface area contributed by atoms with Crippen molar-refractivity contribution < 1.29 is 9.72 Å². The van der Waals surface area contributed by atoms with Gasteiger partial charge in [-0.15, -0.1) is 11.3 Å². The molecule has 2 aromatic rings. The van der Waals surface area contributed by atoms with Crippen LogP contribution in [0.4, 0.5) is 11.4 Å². The van der Waals surface area contributed by atoms with E-state index in [1.54, 1.807) is 23.5 Å². The average molecular weight is 388 g/mol. The van der Waals surface area contributed by atoms with Crippen LogP contribution in [0.25, 0.3) is 0 Å². The first-order valence-electron chi connectivity index (χ1n) is 8.99. The number of carbonyl (C=O) groups excluding carboxylic acids is 1. The number of likely N-dealkylation sites (N-methyl/N-ethyl adjacent to an activating group) is 1. The second-order valence-corrected chi connectivity index (χ2v) is 7.84. The van der Waals surface area contributed by atoms with Crippen LogP contribution in [-0.4, -0.2) is 49.5 Å². The molecule has 1 aromatic heterocycles. The third-order valence-electron chi connectivity index (χ3n) is 4.83. The maximum Gasteiger partial charge on any atom is 0.293 e. The fraction of sp³-hybridized carbons (Fsp3) is 0.421. The molecule has 0 saturated carbocycles.